The summed E-state index contributed by atoms with van der Waals surface area (Å²) in [6.07, 6.45) is 2.02. The Morgan fingerprint density at radius 3 is 2.30 bits per heavy atom. The molecule has 166 valence electrons. The number of carbonyl (C=O) groups excluding carboxylic acids is 1. The largest absolute Gasteiger partial charge is 0.341 e. The number of aromatic nitrogens is 2. The van der Waals surface area contributed by atoms with Crippen molar-refractivity contribution in [2.24, 2.45) is 0 Å². The lowest BCUT2D eigenvalue weighted by Crippen LogP contribution is -2.27. The fraction of sp³-hybridized carbons (Fsp3) is 0.154. The Balaban J connectivity index is 1.62. The molecule has 7 nitrogen and oxygen atoms in total. The predicted octanol–water partition coefficient (Wildman–Crippen LogP) is 4.96. The Morgan fingerprint density at radius 1 is 1.00 bits per heavy atom. The van der Waals surface area contributed by atoms with Gasteiger partial charge in [-0.25, -0.2) is 4.68 Å². The van der Waals surface area contributed by atoms with E-state index in [0.29, 0.717) is 12.2 Å². The van der Waals surface area contributed by atoms with Crippen LogP contribution in [0.1, 0.15) is 16.7 Å². The molecule has 0 aliphatic carbocycles. The number of non-ortho nitro benzene ring substituents is 1. The molecule has 1 aromatic heterocycles. The average molecular weight is 441 g/mol. The summed E-state index contributed by atoms with van der Waals surface area (Å²) in [7, 11) is 1.79. The van der Waals surface area contributed by atoms with Crippen LogP contribution in [0.5, 0.6) is 0 Å². The average Bonchev–Trinajstić information content (AvgIpc) is 3.25. The lowest BCUT2D eigenvalue weighted by atomic mass is 10.0. The minimum absolute atomic E-state index is 0.0108. The highest BCUT2D eigenvalue weighted by molar-refractivity contribution is 5.81. The SMILES string of the molecule is Cc1ccc(CN(C)C(=O)Cc2cn(-c3ccccc3)nc2-c2ccc([N+](=O)[O-])cc2)cc1. The van der Waals surface area contributed by atoms with Crippen molar-refractivity contribution in [1.29, 1.82) is 0 Å². The molecule has 33 heavy (non-hydrogen) atoms. The van der Waals surface area contributed by atoms with E-state index in [0.717, 1.165) is 22.4 Å². The number of aryl methyl sites for hydroxylation is 1. The summed E-state index contributed by atoms with van der Waals surface area (Å²) in [5.74, 6) is -0.0358. The van der Waals surface area contributed by atoms with Crippen LogP contribution in [-0.4, -0.2) is 32.6 Å². The van der Waals surface area contributed by atoms with Crippen LogP contribution in [0.15, 0.2) is 85.1 Å². The van der Waals surface area contributed by atoms with Crippen molar-refractivity contribution < 1.29 is 9.72 Å². The van der Waals surface area contributed by atoms with E-state index in [9.17, 15) is 14.9 Å². The van der Waals surface area contributed by atoms with Crippen molar-refractivity contribution in [3.63, 3.8) is 0 Å². The molecule has 0 spiro atoms. The third kappa shape index (κ3) is 5.15. The molecular formula is C26H24N4O3. The Labute approximate surface area is 192 Å². The van der Waals surface area contributed by atoms with Gasteiger partial charge in [0.15, 0.2) is 0 Å². The molecule has 0 N–H and O–H groups in total. The van der Waals surface area contributed by atoms with Crippen molar-refractivity contribution in [3.05, 3.63) is 112 Å². The highest BCUT2D eigenvalue weighted by Gasteiger charge is 2.18. The zero-order valence-corrected chi connectivity index (χ0v) is 18.5. The Hall–Kier alpha value is -4.26. The molecule has 0 fully saturated rings. The van der Waals surface area contributed by atoms with E-state index in [2.05, 4.69) is 0 Å². The summed E-state index contributed by atoms with van der Waals surface area (Å²) in [4.78, 5) is 25.4. The molecular weight excluding hydrogens is 416 g/mol. The predicted molar refractivity (Wildman–Crippen MR) is 127 cm³/mol. The van der Waals surface area contributed by atoms with Gasteiger partial charge >= 0.3 is 0 Å². The normalized spacial score (nSPS) is 10.7. The number of benzene rings is 3. The van der Waals surface area contributed by atoms with Crippen molar-refractivity contribution in [2.45, 2.75) is 19.9 Å². The van der Waals surface area contributed by atoms with Crippen LogP contribution in [-0.2, 0) is 17.8 Å². The van der Waals surface area contributed by atoms with Gasteiger partial charge in [-0.15, -0.1) is 0 Å². The molecule has 4 rings (SSSR count). The highest BCUT2D eigenvalue weighted by atomic mass is 16.6. The topological polar surface area (TPSA) is 81.3 Å². The summed E-state index contributed by atoms with van der Waals surface area (Å²) >= 11 is 0. The number of likely N-dealkylation sites (N-methyl/N-ethyl adjacent to an activating group) is 1. The van der Waals surface area contributed by atoms with Gasteiger partial charge in [0.2, 0.25) is 5.91 Å². The zero-order valence-electron chi connectivity index (χ0n) is 18.5. The third-order valence-corrected chi connectivity index (χ3v) is 5.47. The highest BCUT2D eigenvalue weighted by Crippen LogP contribution is 2.26. The van der Waals surface area contributed by atoms with E-state index in [-0.39, 0.29) is 18.0 Å². The lowest BCUT2D eigenvalue weighted by molar-refractivity contribution is -0.384. The van der Waals surface area contributed by atoms with Crippen LogP contribution in [0.2, 0.25) is 0 Å². The maximum Gasteiger partial charge on any atom is 0.269 e. The molecule has 0 radical (unpaired) electrons. The Kier molecular flexibility index (Phi) is 6.31. The number of nitro benzene ring substituents is 1. The second kappa shape index (κ2) is 9.48. The molecule has 1 amide bonds. The van der Waals surface area contributed by atoms with Crippen molar-refractivity contribution in [1.82, 2.24) is 14.7 Å². The molecule has 0 saturated carbocycles. The summed E-state index contributed by atoms with van der Waals surface area (Å²) in [6, 6.07) is 24.0. The van der Waals surface area contributed by atoms with Crippen LogP contribution in [0.25, 0.3) is 16.9 Å². The number of rotatable bonds is 7. The maximum atomic E-state index is 13.1. The van der Waals surface area contributed by atoms with Crippen LogP contribution in [0.3, 0.4) is 0 Å². The fourth-order valence-electron chi connectivity index (χ4n) is 3.59. The van der Waals surface area contributed by atoms with Crippen molar-refractivity contribution in [2.75, 3.05) is 7.05 Å². The summed E-state index contributed by atoms with van der Waals surface area (Å²) in [5.41, 5.74) is 5.23. The molecule has 7 heteroatoms. The minimum atomic E-state index is -0.434. The van der Waals surface area contributed by atoms with E-state index in [1.54, 1.807) is 28.8 Å². The first-order valence-corrected chi connectivity index (χ1v) is 10.6. The number of hydrogen-bond acceptors (Lipinski definition) is 4. The van der Waals surface area contributed by atoms with Crippen molar-refractivity contribution in [3.8, 4) is 16.9 Å². The van der Waals surface area contributed by atoms with Gasteiger partial charge in [-0.3, -0.25) is 14.9 Å². The van der Waals surface area contributed by atoms with Crippen LogP contribution >= 0.6 is 0 Å². The monoisotopic (exact) mass is 440 g/mol. The smallest absolute Gasteiger partial charge is 0.269 e. The second-order valence-electron chi connectivity index (χ2n) is 8.00. The molecule has 0 atom stereocenters. The number of carbonyl (C=O) groups is 1. The molecule has 0 bridgehead atoms. The molecule has 3 aromatic carbocycles. The van der Waals surface area contributed by atoms with Gasteiger partial charge in [-0.05, 0) is 36.8 Å². The van der Waals surface area contributed by atoms with Crippen LogP contribution < -0.4 is 0 Å². The van der Waals surface area contributed by atoms with Crippen LogP contribution in [0.4, 0.5) is 5.69 Å². The summed E-state index contributed by atoms with van der Waals surface area (Å²) < 4.78 is 1.74. The van der Waals surface area contributed by atoms with Gasteiger partial charge in [0.25, 0.3) is 5.69 Å². The number of nitrogens with zero attached hydrogens (tertiary/aromatic N) is 4. The Morgan fingerprint density at radius 2 is 1.67 bits per heavy atom. The summed E-state index contributed by atoms with van der Waals surface area (Å²) in [5, 5.41) is 15.7. The molecule has 4 aromatic rings. The van der Waals surface area contributed by atoms with Gasteiger partial charge in [0.05, 0.1) is 22.7 Å². The van der Waals surface area contributed by atoms with E-state index < -0.39 is 4.92 Å². The van der Waals surface area contributed by atoms with Gasteiger partial charge in [0, 0.05) is 43.0 Å². The van der Waals surface area contributed by atoms with Gasteiger partial charge < -0.3 is 4.90 Å². The minimum Gasteiger partial charge on any atom is -0.341 e. The molecule has 1 heterocycles. The first kappa shape index (κ1) is 22.0. The standard InChI is InChI=1S/C26H24N4O3/c1-19-8-10-20(11-9-19)17-28(2)25(31)16-22-18-29(23-6-4-3-5-7-23)27-26(22)21-12-14-24(15-13-21)30(32)33/h3-15,18H,16-17H2,1-2H3. The Bertz CT molecular complexity index is 1260. The first-order valence-electron chi connectivity index (χ1n) is 10.6. The van der Waals surface area contributed by atoms with E-state index >= 15 is 0 Å². The molecule has 0 aliphatic rings. The molecule has 0 aliphatic heterocycles. The lowest BCUT2D eigenvalue weighted by Gasteiger charge is -2.17. The zero-order chi connectivity index (χ0) is 23.4. The molecule has 0 saturated heterocycles. The first-order chi connectivity index (χ1) is 15.9. The van der Waals surface area contributed by atoms with Crippen LogP contribution in [0, 0.1) is 17.0 Å². The third-order valence-electron chi connectivity index (χ3n) is 5.47. The number of nitro groups is 1. The van der Waals surface area contributed by atoms with E-state index in [1.165, 1.54) is 17.7 Å². The second-order valence-corrected chi connectivity index (χ2v) is 8.00. The van der Waals surface area contributed by atoms with Gasteiger partial charge in [0.1, 0.15) is 0 Å². The van der Waals surface area contributed by atoms with E-state index in [1.807, 2.05) is 67.7 Å². The fourth-order valence-corrected chi connectivity index (χ4v) is 3.59. The number of amides is 1. The molecule has 0 unspecified atom stereocenters. The van der Waals surface area contributed by atoms with Crippen molar-refractivity contribution >= 4 is 11.6 Å². The maximum absolute atomic E-state index is 13.1. The quantitative estimate of drug-likeness (QED) is 0.301. The number of hydrogen-bond donors (Lipinski definition) is 0. The van der Waals surface area contributed by atoms with E-state index in [4.69, 9.17) is 5.10 Å². The number of para-hydroxylation sites is 1. The van der Waals surface area contributed by atoms with Gasteiger partial charge in [-0.2, -0.15) is 5.10 Å². The summed E-state index contributed by atoms with van der Waals surface area (Å²) in [6.45, 7) is 2.54. The van der Waals surface area contributed by atoms with Gasteiger partial charge in [-0.1, -0.05) is 48.0 Å².